The van der Waals surface area contributed by atoms with E-state index in [4.69, 9.17) is 0 Å². The van der Waals surface area contributed by atoms with Crippen LogP contribution in [0, 0.1) is 5.82 Å². The topological polar surface area (TPSA) is 38.7 Å². The fourth-order valence-corrected chi connectivity index (χ4v) is 4.73. The van der Waals surface area contributed by atoms with Crippen LogP contribution in [0.3, 0.4) is 0 Å². The summed E-state index contributed by atoms with van der Waals surface area (Å²) in [4.78, 5) is 4.74. The van der Waals surface area contributed by atoms with Crippen molar-refractivity contribution in [3.63, 3.8) is 0 Å². The number of piperazine rings is 1. The summed E-state index contributed by atoms with van der Waals surface area (Å²) < 4.78 is 13.8. The van der Waals surface area contributed by atoms with Gasteiger partial charge in [0.15, 0.2) is 0 Å². The minimum atomic E-state index is -0.172. The predicted octanol–water partition coefficient (Wildman–Crippen LogP) is 3.84. The van der Waals surface area contributed by atoms with Crippen molar-refractivity contribution < 1.29 is 9.50 Å². The number of benzene rings is 2. The van der Waals surface area contributed by atoms with E-state index in [1.165, 1.54) is 6.07 Å². The van der Waals surface area contributed by atoms with E-state index in [1.54, 1.807) is 12.1 Å². The lowest BCUT2D eigenvalue weighted by atomic mass is 9.87. The molecule has 0 unspecified atom stereocenters. The Morgan fingerprint density at radius 3 is 2.52 bits per heavy atom. The summed E-state index contributed by atoms with van der Waals surface area (Å²) in [6.07, 6.45) is 4.38. The maximum Gasteiger partial charge on any atom is 0.123 e. The third kappa shape index (κ3) is 4.80. The summed E-state index contributed by atoms with van der Waals surface area (Å²) in [6.45, 7) is 5.69. The molecule has 29 heavy (non-hydrogen) atoms. The minimum Gasteiger partial charge on any atom is -0.508 e. The molecule has 2 aromatic rings. The largest absolute Gasteiger partial charge is 0.508 e. The third-order valence-electron chi connectivity index (χ3n) is 6.60. The Morgan fingerprint density at radius 1 is 1.03 bits per heavy atom. The van der Waals surface area contributed by atoms with Crippen molar-refractivity contribution >= 4 is 0 Å². The van der Waals surface area contributed by atoms with Crippen LogP contribution in [-0.2, 0) is 18.6 Å². The van der Waals surface area contributed by atoms with Gasteiger partial charge in [0.05, 0.1) is 0 Å². The van der Waals surface area contributed by atoms with Crippen LogP contribution in [0.4, 0.5) is 4.39 Å². The van der Waals surface area contributed by atoms with Crippen LogP contribution < -0.4 is 5.32 Å². The Morgan fingerprint density at radius 2 is 1.79 bits per heavy atom. The Hall–Kier alpha value is -1.95. The molecule has 1 saturated carbocycles. The SMILES string of the molecule is CN1CCN(Cc2cc(CNC3(c4cccc(F)c4)CCCC3)ccc2O)CC1. The molecule has 4 nitrogen and oxygen atoms in total. The number of nitrogens with one attached hydrogen (secondary N) is 1. The van der Waals surface area contributed by atoms with E-state index in [1.807, 2.05) is 18.2 Å². The molecule has 1 heterocycles. The van der Waals surface area contributed by atoms with Gasteiger partial charge in [-0.3, -0.25) is 4.90 Å². The average Bonchev–Trinajstić information content (AvgIpc) is 3.20. The van der Waals surface area contributed by atoms with Crippen molar-refractivity contribution in [2.24, 2.45) is 0 Å². The lowest BCUT2D eigenvalue weighted by Gasteiger charge is -2.33. The highest BCUT2D eigenvalue weighted by atomic mass is 19.1. The smallest absolute Gasteiger partial charge is 0.123 e. The molecule has 0 bridgehead atoms. The summed E-state index contributed by atoms with van der Waals surface area (Å²) in [5.41, 5.74) is 3.04. The molecule has 2 N–H and O–H groups in total. The number of phenolic OH excluding ortho intramolecular Hbond substituents is 1. The van der Waals surface area contributed by atoms with Crippen molar-refractivity contribution in [3.8, 4) is 5.75 Å². The van der Waals surface area contributed by atoms with Gasteiger partial charge in [-0.15, -0.1) is 0 Å². The lowest BCUT2D eigenvalue weighted by molar-refractivity contribution is 0.147. The van der Waals surface area contributed by atoms with Gasteiger partial charge >= 0.3 is 0 Å². The molecule has 1 saturated heterocycles. The first kappa shape index (κ1) is 20.3. The fraction of sp³-hybridized carbons (Fsp3) is 0.500. The highest BCUT2D eigenvalue weighted by molar-refractivity contribution is 5.36. The Labute approximate surface area is 173 Å². The predicted molar refractivity (Wildman–Crippen MR) is 114 cm³/mol. The quantitative estimate of drug-likeness (QED) is 0.777. The van der Waals surface area contributed by atoms with Crippen LogP contribution in [0.15, 0.2) is 42.5 Å². The summed E-state index contributed by atoms with van der Waals surface area (Å²) in [5.74, 6) is 0.197. The number of phenols is 1. The Bertz CT molecular complexity index is 827. The van der Waals surface area contributed by atoms with Crippen LogP contribution in [0.25, 0.3) is 0 Å². The molecule has 0 aromatic heterocycles. The molecule has 0 radical (unpaired) electrons. The first-order valence-corrected chi connectivity index (χ1v) is 10.8. The van der Waals surface area contributed by atoms with E-state index in [2.05, 4.69) is 28.2 Å². The first-order valence-electron chi connectivity index (χ1n) is 10.8. The van der Waals surface area contributed by atoms with Gasteiger partial charge in [0.25, 0.3) is 0 Å². The van der Waals surface area contributed by atoms with Crippen molar-refractivity contribution in [3.05, 3.63) is 65.0 Å². The molecule has 1 aliphatic carbocycles. The molecule has 4 rings (SSSR count). The van der Waals surface area contributed by atoms with E-state index in [9.17, 15) is 9.50 Å². The number of aromatic hydroxyl groups is 1. The van der Waals surface area contributed by atoms with Crippen molar-refractivity contribution in [2.75, 3.05) is 33.2 Å². The highest BCUT2D eigenvalue weighted by Crippen LogP contribution is 2.39. The van der Waals surface area contributed by atoms with Gasteiger partial charge in [-0.1, -0.05) is 31.0 Å². The van der Waals surface area contributed by atoms with Crippen LogP contribution in [0.2, 0.25) is 0 Å². The number of likely N-dealkylation sites (N-methyl/N-ethyl adjacent to an activating group) is 1. The molecule has 0 amide bonds. The van der Waals surface area contributed by atoms with Gasteiger partial charge in [-0.05, 0) is 55.3 Å². The van der Waals surface area contributed by atoms with Crippen molar-refractivity contribution in [1.82, 2.24) is 15.1 Å². The molecule has 156 valence electrons. The van der Waals surface area contributed by atoms with E-state index in [0.717, 1.165) is 75.1 Å². The van der Waals surface area contributed by atoms with E-state index in [0.29, 0.717) is 12.3 Å². The Balaban J connectivity index is 1.46. The molecular weight excluding hydrogens is 365 g/mol. The third-order valence-corrected chi connectivity index (χ3v) is 6.60. The maximum absolute atomic E-state index is 13.8. The second kappa shape index (κ2) is 8.82. The van der Waals surface area contributed by atoms with Gasteiger partial charge in [0, 0.05) is 50.4 Å². The molecule has 1 aliphatic heterocycles. The van der Waals surface area contributed by atoms with Crippen molar-refractivity contribution in [1.29, 1.82) is 0 Å². The summed E-state index contributed by atoms with van der Waals surface area (Å²) in [6, 6.07) is 13.0. The first-order chi connectivity index (χ1) is 14.0. The van der Waals surface area contributed by atoms with Gasteiger partial charge in [-0.2, -0.15) is 0 Å². The Kier molecular flexibility index (Phi) is 6.18. The molecule has 0 spiro atoms. The number of halogens is 1. The van der Waals surface area contributed by atoms with E-state index < -0.39 is 0 Å². The zero-order valence-electron chi connectivity index (χ0n) is 17.3. The summed E-state index contributed by atoms with van der Waals surface area (Å²) in [5, 5.41) is 14.1. The summed E-state index contributed by atoms with van der Waals surface area (Å²) in [7, 11) is 2.15. The highest BCUT2D eigenvalue weighted by Gasteiger charge is 2.35. The number of rotatable bonds is 6. The van der Waals surface area contributed by atoms with Crippen LogP contribution in [0.5, 0.6) is 5.75 Å². The van der Waals surface area contributed by atoms with Crippen LogP contribution in [-0.4, -0.2) is 48.1 Å². The minimum absolute atomic E-state index is 0.155. The number of nitrogens with zero attached hydrogens (tertiary/aromatic N) is 2. The van der Waals surface area contributed by atoms with Crippen molar-refractivity contribution in [2.45, 2.75) is 44.3 Å². The van der Waals surface area contributed by atoms with Gasteiger partial charge < -0.3 is 15.3 Å². The number of hydrogen-bond donors (Lipinski definition) is 2. The normalized spacial score (nSPS) is 20.2. The van der Waals surface area contributed by atoms with Gasteiger partial charge in [0.1, 0.15) is 11.6 Å². The molecule has 2 aliphatic rings. The monoisotopic (exact) mass is 397 g/mol. The van der Waals surface area contributed by atoms with Crippen LogP contribution >= 0.6 is 0 Å². The molecule has 2 aromatic carbocycles. The molecule has 2 fully saturated rings. The molecule has 5 heteroatoms. The second-order valence-electron chi connectivity index (χ2n) is 8.70. The fourth-order valence-electron chi connectivity index (χ4n) is 4.73. The average molecular weight is 398 g/mol. The van der Waals surface area contributed by atoms with Gasteiger partial charge in [0.2, 0.25) is 0 Å². The molecular formula is C24H32FN3O. The van der Waals surface area contributed by atoms with Gasteiger partial charge in [-0.25, -0.2) is 4.39 Å². The second-order valence-corrected chi connectivity index (χ2v) is 8.70. The standard InChI is InChI=1S/C24H32FN3O/c1-27-11-13-28(14-12-27)18-20-15-19(7-8-23(20)29)17-26-24(9-2-3-10-24)21-5-4-6-22(25)16-21/h4-8,15-16,26,29H,2-3,9-14,17-18H2,1H3. The van der Waals surface area contributed by atoms with E-state index in [-0.39, 0.29) is 11.4 Å². The lowest BCUT2D eigenvalue weighted by Crippen LogP contribution is -2.43. The zero-order chi connectivity index (χ0) is 20.3. The molecule has 0 atom stereocenters. The summed E-state index contributed by atoms with van der Waals surface area (Å²) >= 11 is 0. The maximum atomic E-state index is 13.8. The van der Waals surface area contributed by atoms with E-state index >= 15 is 0 Å². The zero-order valence-corrected chi connectivity index (χ0v) is 17.3. The van der Waals surface area contributed by atoms with Crippen LogP contribution in [0.1, 0.15) is 42.4 Å². The number of hydrogen-bond acceptors (Lipinski definition) is 4.